The Balaban J connectivity index is 1.56. The van der Waals surface area contributed by atoms with Gasteiger partial charge in [-0.2, -0.15) is 4.31 Å². The summed E-state index contributed by atoms with van der Waals surface area (Å²) < 4.78 is 29.8. The Morgan fingerprint density at radius 3 is 2.62 bits per heavy atom. The number of hydrogen-bond donors (Lipinski definition) is 0. The lowest BCUT2D eigenvalue weighted by Crippen LogP contribution is -2.36. The number of carbonyl (C=O) groups is 1. The topological polar surface area (TPSA) is 88.4 Å². The average molecular weight is 418 g/mol. The van der Waals surface area contributed by atoms with Gasteiger partial charge in [-0.15, -0.1) is 10.2 Å². The van der Waals surface area contributed by atoms with E-state index >= 15 is 0 Å². The van der Waals surface area contributed by atoms with Crippen LogP contribution in [0.3, 0.4) is 0 Å². The summed E-state index contributed by atoms with van der Waals surface area (Å²) in [6.45, 7) is 4.07. The Labute approximate surface area is 171 Å². The van der Waals surface area contributed by atoms with Crippen molar-refractivity contribution in [2.75, 3.05) is 20.1 Å². The van der Waals surface area contributed by atoms with Crippen molar-refractivity contribution in [3.63, 3.8) is 0 Å². The number of nitrogens with zero attached hydrogens (tertiary/aromatic N) is 5. The number of hydrogen-bond acceptors (Lipinski definition) is 5. The van der Waals surface area contributed by atoms with Gasteiger partial charge >= 0.3 is 0 Å². The standard InChI is InChI=1S/C20H27N5O3S/c1-15-8-9-16(13-17(15)29(27,28)24-10-4-3-5-11-24)20(26)23(2)14-19-22-21-18-7-6-12-25(18)19/h8-9,13H,3-7,10-12,14H2,1-2H3. The van der Waals surface area contributed by atoms with E-state index in [0.717, 1.165) is 50.3 Å². The number of sulfonamides is 1. The van der Waals surface area contributed by atoms with Gasteiger partial charge in [-0.05, 0) is 43.9 Å². The fraction of sp³-hybridized carbons (Fsp3) is 0.550. The first-order valence-corrected chi connectivity index (χ1v) is 11.6. The van der Waals surface area contributed by atoms with Gasteiger partial charge in [0.25, 0.3) is 5.91 Å². The molecule has 0 radical (unpaired) electrons. The predicted octanol–water partition coefficient (Wildman–Crippen LogP) is 1.98. The van der Waals surface area contributed by atoms with Crippen LogP contribution < -0.4 is 0 Å². The molecule has 2 aliphatic rings. The number of piperidine rings is 1. The molecule has 0 saturated carbocycles. The molecule has 1 amide bonds. The molecule has 1 aromatic carbocycles. The van der Waals surface area contributed by atoms with Crippen LogP contribution in [0.1, 0.15) is 53.3 Å². The van der Waals surface area contributed by atoms with Gasteiger partial charge in [0, 0.05) is 38.7 Å². The second kappa shape index (κ2) is 7.87. The van der Waals surface area contributed by atoms with E-state index in [2.05, 4.69) is 14.8 Å². The molecule has 29 heavy (non-hydrogen) atoms. The molecule has 0 unspecified atom stereocenters. The third-order valence-corrected chi connectivity index (χ3v) is 7.82. The molecule has 2 aromatic rings. The van der Waals surface area contributed by atoms with Crippen LogP contribution in [0.15, 0.2) is 23.1 Å². The first-order valence-electron chi connectivity index (χ1n) is 10.1. The van der Waals surface area contributed by atoms with E-state index in [-0.39, 0.29) is 10.8 Å². The van der Waals surface area contributed by atoms with E-state index in [1.807, 2.05) is 0 Å². The molecule has 1 aromatic heterocycles. The number of fused-ring (bicyclic) bond motifs is 1. The van der Waals surface area contributed by atoms with Gasteiger partial charge in [0.15, 0.2) is 5.82 Å². The van der Waals surface area contributed by atoms with Crippen LogP contribution in [0.2, 0.25) is 0 Å². The maximum Gasteiger partial charge on any atom is 0.254 e. The maximum absolute atomic E-state index is 13.1. The van der Waals surface area contributed by atoms with E-state index < -0.39 is 10.0 Å². The number of aryl methyl sites for hydroxylation is 2. The molecular weight excluding hydrogens is 390 g/mol. The van der Waals surface area contributed by atoms with Gasteiger partial charge in [0.1, 0.15) is 5.82 Å². The maximum atomic E-state index is 13.1. The Morgan fingerprint density at radius 2 is 1.86 bits per heavy atom. The van der Waals surface area contributed by atoms with E-state index in [4.69, 9.17) is 0 Å². The molecule has 0 atom stereocenters. The van der Waals surface area contributed by atoms with Crippen molar-refractivity contribution in [2.24, 2.45) is 0 Å². The summed E-state index contributed by atoms with van der Waals surface area (Å²) in [5.74, 6) is 1.50. The van der Waals surface area contributed by atoms with Gasteiger partial charge < -0.3 is 9.47 Å². The van der Waals surface area contributed by atoms with Gasteiger partial charge in [-0.25, -0.2) is 8.42 Å². The minimum absolute atomic E-state index is 0.224. The van der Waals surface area contributed by atoms with Crippen molar-refractivity contribution in [3.8, 4) is 0 Å². The van der Waals surface area contributed by atoms with Gasteiger partial charge in [-0.1, -0.05) is 12.5 Å². The molecule has 0 spiro atoms. The molecule has 9 heteroatoms. The normalized spacial score (nSPS) is 17.3. The summed E-state index contributed by atoms with van der Waals surface area (Å²) in [7, 11) is -1.89. The zero-order chi connectivity index (χ0) is 20.6. The minimum atomic E-state index is -3.60. The van der Waals surface area contributed by atoms with Crippen molar-refractivity contribution < 1.29 is 13.2 Å². The van der Waals surface area contributed by atoms with Crippen molar-refractivity contribution in [3.05, 3.63) is 41.0 Å². The van der Waals surface area contributed by atoms with Gasteiger partial charge in [0.2, 0.25) is 10.0 Å². The second-order valence-corrected chi connectivity index (χ2v) is 9.80. The molecule has 2 aliphatic heterocycles. The average Bonchev–Trinajstić information content (AvgIpc) is 3.33. The number of amides is 1. The summed E-state index contributed by atoms with van der Waals surface area (Å²) in [4.78, 5) is 14.8. The molecule has 4 rings (SSSR count). The largest absolute Gasteiger partial charge is 0.334 e. The lowest BCUT2D eigenvalue weighted by atomic mass is 10.1. The minimum Gasteiger partial charge on any atom is -0.334 e. The third-order valence-electron chi connectivity index (χ3n) is 5.78. The highest BCUT2D eigenvalue weighted by molar-refractivity contribution is 7.89. The number of benzene rings is 1. The van der Waals surface area contributed by atoms with Crippen LogP contribution in [0.4, 0.5) is 0 Å². The highest BCUT2D eigenvalue weighted by Gasteiger charge is 2.28. The highest BCUT2D eigenvalue weighted by Crippen LogP contribution is 2.25. The van der Waals surface area contributed by atoms with E-state index in [1.54, 1.807) is 31.0 Å². The Bertz CT molecular complexity index is 1020. The van der Waals surface area contributed by atoms with Crippen LogP contribution in [0.5, 0.6) is 0 Å². The number of rotatable bonds is 5. The first kappa shape index (κ1) is 20.0. The van der Waals surface area contributed by atoms with Crippen molar-refractivity contribution in [2.45, 2.75) is 57.0 Å². The quantitative estimate of drug-likeness (QED) is 0.742. The molecule has 3 heterocycles. The van der Waals surface area contributed by atoms with Crippen LogP contribution in [-0.2, 0) is 29.5 Å². The number of aromatic nitrogens is 3. The summed E-state index contributed by atoms with van der Waals surface area (Å²) in [5.41, 5.74) is 1.03. The first-order chi connectivity index (χ1) is 13.9. The monoisotopic (exact) mass is 417 g/mol. The van der Waals surface area contributed by atoms with Gasteiger partial charge in [-0.3, -0.25) is 4.79 Å². The molecule has 156 valence electrons. The lowest BCUT2D eigenvalue weighted by Gasteiger charge is -2.27. The molecule has 0 aliphatic carbocycles. The highest BCUT2D eigenvalue weighted by atomic mass is 32.2. The molecule has 1 saturated heterocycles. The fourth-order valence-corrected chi connectivity index (χ4v) is 5.86. The van der Waals surface area contributed by atoms with Crippen LogP contribution in [-0.4, -0.2) is 58.4 Å². The zero-order valence-electron chi connectivity index (χ0n) is 17.0. The van der Waals surface area contributed by atoms with Gasteiger partial charge in [0.05, 0.1) is 11.4 Å². The fourth-order valence-electron chi connectivity index (χ4n) is 4.09. The Hall–Kier alpha value is -2.26. The third kappa shape index (κ3) is 3.81. The zero-order valence-corrected chi connectivity index (χ0v) is 17.8. The number of carbonyl (C=O) groups excluding carboxylic acids is 1. The molecular formula is C20H27N5O3S. The summed E-state index contributed by atoms with van der Waals surface area (Å²) >= 11 is 0. The van der Waals surface area contributed by atoms with E-state index in [9.17, 15) is 13.2 Å². The van der Waals surface area contributed by atoms with E-state index in [1.165, 1.54) is 10.4 Å². The predicted molar refractivity (Wildman–Crippen MR) is 108 cm³/mol. The molecule has 1 fully saturated rings. The Kier molecular flexibility index (Phi) is 5.44. The van der Waals surface area contributed by atoms with Crippen molar-refractivity contribution in [1.82, 2.24) is 24.0 Å². The molecule has 8 nitrogen and oxygen atoms in total. The molecule has 0 N–H and O–H groups in total. The SMILES string of the molecule is Cc1ccc(C(=O)N(C)Cc2nnc3n2CCC3)cc1S(=O)(=O)N1CCCCC1. The summed E-state index contributed by atoms with van der Waals surface area (Å²) in [6.07, 6.45) is 4.77. The van der Waals surface area contributed by atoms with Crippen molar-refractivity contribution >= 4 is 15.9 Å². The molecule has 0 bridgehead atoms. The van der Waals surface area contributed by atoms with Crippen LogP contribution in [0.25, 0.3) is 0 Å². The summed E-state index contributed by atoms with van der Waals surface area (Å²) in [6, 6.07) is 4.93. The summed E-state index contributed by atoms with van der Waals surface area (Å²) in [5, 5.41) is 8.38. The van der Waals surface area contributed by atoms with Crippen molar-refractivity contribution in [1.29, 1.82) is 0 Å². The smallest absolute Gasteiger partial charge is 0.254 e. The van der Waals surface area contributed by atoms with Crippen LogP contribution >= 0.6 is 0 Å². The lowest BCUT2D eigenvalue weighted by molar-refractivity contribution is 0.0779. The van der Waals surface area contributed by atoms with E-state index in [0.29, 0.717) is 30.8 Å². The van der Waals surface area contributed by atoms with Crippen LogP contribution in [0, 0.1) is 6.92 Å². The Morgan fingerprint density at radius 1 is 1.10 bits per heavy atom. The second-order valence-electron chi connectivity index (χ2n) is 7.89.